The zero-order chi connectivity index (χ0) is 16.2. The van der Waals surface area contributed by atoms with Gasteiger partial charge in [0.05, 0.1) is 19.3 Å². The van der Waals surface area contributed by atoms with E-state index in [0.29, 0.717) is 6.54 Å². The van der Waals surface area contributed by atoms with E-state index in [0.717, 1.165) is 22.7 Å². The molecule has 120 valence electrons. The Labute approximate surface area is 135 Å². The molecule has 6 nitrogen and oxygen atoms in total. The van der Waals surface area contributed by atoms with Crippen molar-refractivity contribution in [3.05, 3.63) is 66.0 Å². The molecule has 0 unspecified atom stereocenters. The zero-order valence-corrected chi connectivity index (χ0v) is 13.6. The molecule has 3 aromatic rings. The third kappa shape index (κ3) is 3.27. The van der Waals surface area contributed by atoms with Gasteiger partial charge in [-0.25, -0.2) is 4.98 Å². The van der Waals surface area contributed by atoms with Crippen LogP contribution in [0.5, 0.6) is 5.75 Å². The van der Waals surface area contributed by atoms with Crippen molar-refractivity contribution in [3.63, 3.8) is 0 Å². The fourth-order valence-corrected chi connectivity index (χ4v) is 2.68. The van der Waals surface area contributed by atoms with E-state index in [2.05, 4.69) is 21.5 Å². The Bertz CT molecular complexity index is 777. The molecule has 2 aromatic heterocycles. The van der Waals surface area contributed by atoms with Crippen LogP contribution >= 0.6 is 0 Å². The van der Waals surface area contributed by atoms with Crippen molar-refractivity contribution in [2.45, 2.75) is 12.6 Å². The van der Waals surface area contributed by atoms with E-state index in [1.165, 1.54) is 0 Å². The number of methoxy groups -OCH3 is 1. The van der Waals surface area contributed by atoms with Gasteiger partial charge in [-0.15, -0.1) is 0 Å². The van der Waals surface area contributed by atoms with Crippen LogP contribution < -0.4 is 10.1 Å². The van der Waals surface area contributed by atoms with Crippen LogP contribution in [-0.4, -0.2) is 26.4 Å². The van der Waals surface area contributed by atoms with E-state index in [-0.39, 0.29) is 6.04 Å². The number of aromatic nitrogens is 4. The number of benzene rings is 1. The molecule has 0 spiro atoms. The van der Waals surface area contributed by atoms with Crippen molar-refractivity contribution in [3.8, 4) is 5.75 Å². The first-order valence-electron chi connectivity index (χ1n) is 7.50. The quantitative estimate of drug-likeness (QED) is 0.757. The molecule has 0 fully saturated rings. The lowest BCUT2D eigenvalue weighted by molar-refractivity contribution is 0.401. The summed E-state index contributed by atoms with van der Waals surface area (Å²) in [6.07, 6.45) is 7.63. The highest BCUT2D eigenvalue weighted by Crippen LogP contribution is 2.29. The maximum atomic E-state index is 5.53. The molecule has 1 atom stereocenters. The van der Waals surface area contributed by atoms with Crippen LogP contribution in [0.25, 0.3) is 0 Å². The minimum Gasteiger partial charge on any atom is -0.496 e. The van der Waals surface area contributed by atoms with Crippen molar-refractivity contribution in [1.82, 2.24) is 24.6 Å². The molecule has 1 aromatic carbocycles. The Kier molecular flexibility index (Phi) is 4.43. The largest absolute Gasteiger partial charge is 0.496 e. The molecule has 1 N–H and O–H groups in total. The summed E-state index contributed by atoms with van der Waals surface area (Å²) in [6, 6.07) is 7.95. The molecular weight excluding hydrogens is 290 g/mol. The lowest BCUT2D eigenvalue weighted by Crippen LogP contribution is -2.25. The van der Waals surface area contributed by atoms with Crippen LogP contribution in [0.4, 0.5) is 0 Å². The van der Waals surface area contributed by atoms with Gasteiger partial charge in [0.25, 0.3) is 0 Å². The monoisotopic (exact) mass is 311 g/mol. The summed E-state index contributed by atoms with van der Waals surface area (Å²) < 4.78 is 9.35. The molecule has 2 heterocycles. The van der Waals surface area contributed by atoms with Crippen molar-refractivity contribution in [2.24, 2.45) is 14.1 Å². The van der Waals surface area contributed by atoms with E-state index in [9.17, 15) is 0 Å². The minimum atomic E-state index is -0.0636. The molecule has 0 saturated carbocycles. The third-order valence-electron chi connectivity index (χ3n) is 3.84. The van der Waals surface area contributed by atoms with Gasteiger partial charge >= 0.3 is 0 Å². The van der Waals surface area contributed by atoms with E-state index in [4.69, 9.17) is 4.74 Å². The molecule has 0 radical (unpaired) electrons. The lowest BCUT2D eigenvalue weighted by atomic mass is 10.0. The summed E-state index contributed by atoms with van der Waals surface area (Å²) >= 11 is 0. The lowest BCUT2D eigenvalue weighted by Gasteiger charge is -2.21. The number of aryl methyl sites for hydroxylation is 2. The van der Waals surface area contributed by atoms with Crippen molar-refractivity contribution >= 4 is 0 Å². The SMILES string of the molecule is COc1ccccc1[C@H](NCc1cnn(C)c1)c1nccn1C. The van der Waals surface area contributed by atoms with Crippen molar-refractivity contribution in [2.75, 3.05) is 7.11 Å². The topological polar surface area (TPSA) is 56.9 Å². The van der Waals surface area contributed by atoms with E-state index < -0.39 is 0 Å². The number of ether oxygens (including phenoxy) is 1. The highest BCUT2D eigenvalue weighted by Gasteiger charge is 2.21. The maximum absolute atomic E-state index is 5.53. The van der Waals surface area contributed by atoms with Gasteiger partial charge in [-0.05, 0) is 6.07 Å². The van der Waals surface area contributed by atoms with Crippen LogP contribution in [0.3, 0.4) is 0 Å². The zero-order valence-electron chi connectivity index (χ0n) is 13.6. The standard InChI is InChI=1S/C17H21N5O/c1-21-9-8-18-17(21)16(14-6-4-5-7-15(14)23-3)19-10-13-11-20-22(2)12-13/h4-9,11-12,16,19H,10H2,1-3H3/t16-/m0/s1. The van der Waals surface area contributed by atoms with Gasteiger partial charge in [0.2, 0.25) is 0 Å². The van der Waals surface area contributed by atoms with Gasteiger partial charge in [0, 0.05) is 50.4 Å². The van der Waals surface area contributed by atoms with Crippen molar-refractivity contribution in [1.29, 1.82) is 0 Å². The first-order valence-corrected chi connectivity index (χ1v) is 7.50. The number of para-hydroxylation sites is 1. The van der Waals surface area contributed by atoms with Gasteiger partial charge in [0.15, 0.2) is 0 Å². The first kappa shape index (κ1) is 15.3. The van der Waals surface area contributed by atoms with Gasteiger partial charge < -0.3 is 9.30 Å². The Morgan fingerprint density at radius 3 is 2.74 bits per heavy atom. The number of nitrogens with one attached hydrogen (secondary N) is 1. The molecule has 0 aliphatic rings. The Morgan fingerprint density at radius 2 is 2.09 bits per heavy atom. The van der Waals surface area contributed by atoms with Crippen LogP contribution in [-0.2, 0) is 20.6 Å². The molecule has 0 saturated heterocycles. The average molecular weight is 311 g/mol. The summed E-state index contributed by atoms with van der Waals surface area (Å²) in [7, 11) is 5.60. The van der Waals surface area contributed by atoms with Crippen molar-refractivity contribution < 1.29 is 4.74 Å². The Morgan fingerprint density at radius 1 is 1.26 bits per heavy atom. The number of hydrogen-bond acceptors (Lipinski definition) is 4. The Balaban J connectivity index is 1.92. The molecule has 0 aliphatic carbocycles. The van der Waals surface area contributed by atoms with Crippen LogP contribution in [0.15, 0.2) is 49.1 Å². The molecule has 0 bridgehead atoms. The smallest absolute Gasteiger partial charge is 0.130 e. The maximum Gasteiger partial charge on any atom is 0.130 e. The third-order valence-corrected chi connectivity index (χ3v) is 3.84. The molecule has 0 aliphatic heterocycles. The van der Waals surface area contributed by atoms with Gasteiger partial charge in [0.1, 0.15) is 11.6 Å². The minimum absolute atomic E-state index is 0.0636. The van der Waals surface area contributed by atoms with Gasteiger partial charge in [-0.2, -0.15) is 5.10 Å². The fraction of sp³-hybridized carbons (Fsp3) is 0.294. The number of nitrogens with zero attached hydrogens (tertiary/aromatic N) is 4. The summed E-state index contributed by atoms with van der Waals surface area (Å²) in [5, 5.41) is 7.78. The van der Waals surface area contributed by atoms with Gasteiger partial charge in [-0.3, -0.25) is 10.00 Å². The van der Waals surface area contributed by atoms with Crippen LogP contribution in [0.1, 0.15) is 23.0 Å². The summed E-state index contributed by atoms with van der Waals surface area (Å²) in [5.74, 6) is 1.79. The van der Waals surface area contributed by atoms with Gasteiger partial charge in [-0.1, -0.05) is 18.2 Å². The van der Waals surface area contributed by atoms with E-state index >= 15 is 0 Å². The predicted octanol–water partition coefficient (Wildman–Crippen LogP) is 2.04. The molecular formula is C17H21N5O. The molecule has 23 heavy (non-hydrogen) atoms. The summed E-state index contributed by atoms with van der Waals surface area (Å²) in [6.45, 7) is 0.698. The predicted molar refractivity (Wildman–Crippen MR) is 88.1 cm³/mol. The van der Waals surface area contributed by atoms with Crippen LogP contribution in [0.2, 0.25) is 0 Å². The highest BCUT2D eigenvalue weighted by atomic mass is 16.5. The fourth-order valence-electron chi connectivity index (χ4n) is 2.68. The number of rotatable bonds is 6. The second-order valence-corrected chi connectivity index (χ2v) is 5.47. The normalized spacial score (nSPS) is 12.3. The van der Waals surface area contributed by atoms with E-state index in [1.54, 1.807) is 11.8 Å². The number of imidazole rings is 1. The summed E-state index contributed by atoms with van der Waals surface area (Å²) in [5.41, 5.74) is 2.19. The number of hydrogen-bond donors (Lipinski definition) is 1. The molecule has 6 heteroatoms. The highest BCUT2D eigenvalue weighted by molar-refractivity contribution is 5.39. The van der Waals surface area contributed by atoms with Crippen LogP contribution in [0, 0.1) is 0 Å². The second kappa shape index (κ2) is 6.66. The molecule has 3 rings (SSSR count). The second-order valence-electron chi connectivity index (χ2n) is 5.47. The first-order chi connectivity index (χ1) is 11.2. The Hall–Kier alpha value is -2.60. The van der Waals surface area contributed by atoms with E-state index in [1.807, 2.05) is 61.6 Å². The molecule has 0 amide bonds. The average Bonchev–Trinajstić information content (AvgIpc) is 3.17. The summed E-state index contributed by atoms with van der Waals surface area (Å²) in [4.78, 5) is 4.51.